The van der Waals surface area contributed by atoms with Gasteiger partial charge in [-0.2, -0.15) is 0 Å². The third-order valence-electron chi connectivity index (χ3n) is 3.97. The van der Waals surface area contributed by atoms with E-state index >= 15 is 0 Å². The summed E-state index contributed by atoms with van der Waals surface area (Å²) in [5.41, 5.74) is 2.61. The van der Waals surface area contributed by atoms with Crippen LogP contribution in [-0.2, 0) is 11.2 Å². The first-order valence-electron chi connectivity index (χ1n) is 7.79. The molecule has 0 heterocycles. The summed E-state index contributed by atoms with van der Waals surface area (Å²) < 4.78 is 0. The van der Waals surface area contributed by atoms with Crippen molar-refractivity contribution < 1.29 is 4.79 Å². The minimum absolute atomic E-state index is 0.121. The van der Waals surface area contributed by atoms with Crippen LogP contribution in [0.2, 0.25) is 0 Å². The number of nitrogens with one attached hydrogen (secondary N) is 2. The van der Waals surface area contributed by atoms with Crippen molar-refractivity contribution in [3.63, 3.8) is 0 Å². The highest BCUT2D eigenvalue weighted by atomic mass is 16.2. The maximum Gasteiger partial charge on any atom is 0.237 e. The zero-order chi connectivity index (χ0) is 14.5. The highest BCUT2D eigenvalue weighted by Crippen LogP contribution is 2.20. The lowest BCUT2D eigenvalue weighted by Crippen LogP contribution is -2.44. The van der Waals surface area contributed by atoms with Gasteiger partial charge in [-0.1, -0.05) is 38.1 Å². The Bertz CT molecular complexity index is 437. The largest absolute Gasteiger partial charge is 0.352 e. The Kier molecular flexibility index (Phi) is 5.18. The highest BCUT2D eigenvalue weighted by molar-refractivity contribution is 5.81. The number of aryl methyl sites for hydroxylation is 1. The molecule has 0 saturated heterocycles. The molecule has 2 rings (SSSR count). The number of benzene rings is 1. The van der Waals surface area contributed by atoms with Gasteiger partial charge < -0.3 is 5.32 Å². The van der Waals surface area contributed by atoms with Gasteiger partial charge in [0.1, 0.15) is 0 Å². The van der Waals surface area contributed by atoms with Crippen LogP contribution in [0.25, 0.3) is 0 Å². The number of carbonyl (C=O) groups excluding carboxylic acids is 1. The van der Waals surface area contributed by atoms with Crippen molar-refractivity contribution in [1.82, 2.24) is 10.6 Å². The SMILES string of the molecule is CCc1ccc(C(CC)NC(C)C(=O)NC2CC2)cc1. The van der Waals surface area contributed by atoms with Crippen LogP contribution in [0.4, 0.5) is 0 Å². The van der Waals surface area contributed by atoms with Crippen LogP contribution < -0.4 is 10.6 Å². The lowest BCUT2D eigenvalue weighted by atomic mass is 10.0. The van der Waals surface area contributed by atoms with E-state index in [4.69, 9.17) is 0 Å². The highest BCUT2D eigenvalue weighted by Gasteiger charge is 2.26. The van der Waals surface area contributed by atoms with Crippen LogP contribution in [-0.4, -0.2) is 18.0 Å². The molecule has 1 aromatic rings. The van der Waals surface area contributed by atoms with Crippen LogP contribution in [0.3, 0.4) is 0 Å². The van der Waals surface area contributed by atoms with E-state index in [1.807, 2.05) is 6.92 Å². The third kappa shape index (κ3) is 4.07. The number of hydrogen-bond acceptors (Lipinski definition) is 2. The van der Waals surface area contributed by atoms with Gasteiger partial charge in [-0.3, -0.25) is 10.1 Å². The minimum atomic E-state index is -0.147. The Labute approximate surface area is 122 Å². The first-order valence-corrected chi connectivity index (χ1v) is 7.79. The van der Waals surface area contributed by atoms with Crippen LogP contribution in [0.5, 0.6) is 0 Å². The first-order chi connectivity index (χ1) is 9.63. The third-order valence-corrected chi connectivity index (χ3v) is 3.97. The van der Waals surface area contributed by atoms with Gasteiger partial charge in [-0.15, -0.1) is 0 Å². The molecule has 20 heavy (non-hydrogen) atoms. The van der Waals surface area contributed by atoms with Gasteiger partial charge >= 0.3 is 0 Å². The van der Waals surface area contributed by atoms with Crippen molar-refractivity contribution in [2.24, 2.45) is 0 Å². The van der Waals surface area contributed by atoms with Crippen molar-refractivity contribution in [1.29, 1.82) is 0 Å². The summed E-state index contributed by atoms with van der Waals surface area (Å²) in [5, 5.41) is 6.49. The molecule has 0 bridgehead atoms. The summed E-state index contributed by atoms with van der Waals surface area (Å²) in [6, 6.07) is 9.21. The van der Waals surface area contributed by atoms with Gasteiger partial charge in [-0.05, 0) is 43.7 Å². The van der Waals surface area contributed by atoms with Crippen LogP contribution >= 0.6 is 0 Å². The monoisotopic (exact) mass is 274 g/mol. The maximum absolute atomic E-state index is 12.0. The van der Waals surface area contributed by atoms with Gasteiger partial charge in [0.2, 0.25) is 5.91 Å². The molecular formula is C17H26N2O. The van der Waals surface area contributed by atoms with Gasteiger partial charge in [0.15, 0.2) is 0 Å². The van der Waals surface area contributed by atoms with E-state index in [1.165, 1.54) is 11.1 Å². The van der Waals surface area contributed by atoms with Crippen molar-refractivity contribution in [3.8, 4) is 0 Å². The topological polar surface area (TPSA) is 41.1 Å². The smallest absolute Gasteiger partial charge is 0.237 e. The lowest BCUT2D eigenvalue weighted by Gasteiger charge is -2.22. The second kappa shape index (κ2) is 6.89. The molecule has 2 unspecified atom stereocenters. The molecule has 1 aromatic carbocycles. The van der Waals surface area contributed by atoms with E-state index in [0.717, 1.165) is 25.7 Å². The Morgan fingerprint density at radius 3 is 2.40 bits per heavy atom. The normalized spacial score (nSPS) is 17.6. The number of rotatable bonds is 7. The maximum atomic E-state index is 12.0. The number of carbonyl (C=O) groups is 1. The van der Waals surface area contributed by atoms with Crippen LogP contribution in [0.1, 0.15) is 57.2 Å². The molecule has 3 heteroatoms. The fourth-order valence-electron chi connectivity index (χ4n) is 2.37. The molecule has 2 atom stereocenters. The van der Waals surface area contributed by atoms with E-state index in [1.54, 1.807) is 0 Å². The molecule has 1 saturated carbocycles. The molecule has 110 valence electrons. The zero-order valence-electron chi connectivity index (χ0n) is 12.8. The average molecular weight is 274 g/mol. The molecule has 1 amide bonds. The van der Waals surface area contributed by atoms with Crippen molar-refractivity contribution in [3.05, 3.63) is 35.4 Å². The van der Waals surface area contributed by atoms with Gasteiger partial charge in [0.05, 0.1) is 6.04 Å². The Morgan fingerprint density at radius 1 is 1.25 bits per heavy atom. The van der Waals surface area contributed by atoms with E-state index in [-0.39, 0.29) is 18.0 Å². The summed E-state index contributed by atoms with van der Waals surface area (Å²) in [4.78, 5) is 12.0. The number of amides is 1. The molecule has 0 aliphatic heterocycles. The molecule has 2 N–H and O–H groups in total. The predicted octanol–water partition coefficient (Wildman–Crippen LogP) is 2.96. The minimum Gasteiger partial charge on any atom is -0.352 e. The summed E-state index contributed by atoms with van der Waals surface area (Å²) in [6.45, 7) is 6.26. The lowest BCUT2D eigenvalue weighted by molar-refractivity contribution is -0.123. The Balaban J connectivity index is 1.94. The standard InChI is InChI=1S/C17H26N2O/c1-4-13-6-8-14(9-7-13)16(5-2)18-12(3)17(20)19-15-10-11-15/h6-9,12,15-16,18H,4-5,10-11H2,1-3H3,(H,19,20). The molecule has 1 aliphatic rings. The predicted molar refractivity (Wildman–Crippen MR) is 82.6 cm³/mol. The molecule has 3 nitrogen and oxygen atoms in total. The van der Waals surface area contributed by atoms with Crippen molar-refractivity contribution in [2.45, 2.75) is 64.6 Å². The molecule has 1 fully saturated rings. The summed E-state index contributed by atoms with van der Waals surface area (Å²) in [6.07, 6.45) is 4.31. The van der Waals surface area contributed by atoms with Crippen molar-refractivity contribution >= 4 is 5.91 Å². The van der Waals surface area contributed by atoms with E-state index in [2.05, 4.69) is 48.7 Å². The quantitative estimate of drug-likeness (QED) is 0.802. The van der Waals surface area contributed by atoms with Crippen LogP contribution in [0.15, 0.2) is 24.3 Å². The van der Waals surface area contributed by atoms with Crippen LogP contribution in [0, 0.1) is 0 Å². The van der Waals surface area contributed by atoms with Gasteiger partial charge in [0, 0.05) is 12.1 Å². The fourth-order valence-corrected chi connectivity index (χ4v) is 2.37. The summed E-state index contributed by atoms with van der Waals surface area (Å²) >= 11 is 0. The Hall–Kier alpha value is -1.35. The molecule has 0 radical (unpaired) electrons. The van der Waals surface area contributed by atoms with E-state index in [0.29, 0.717) is 6.04 Å². The molecule has 0 aromatic heterocycles. The summed E-state index contributed by atoms with van der Waals surface area (Å²) in [5.74, 6) is 0.121. The molecular weight excluding hydrogens is 248 g/mol. The average Bonchev–Trinajstić information content (AvgIpc) is 3.28. The molecule has 0 spiro atoms. The second-order valence-corrected chi connectivity index (χ2v) is 5.73. The van der Waals surface area contributed by atoms with Gasteiger partial charge in [-0.25, -0.2) is 0 Å². The summed E-state index contributed by atoms with van der Waals surface area (Å²) in [7, 11) is 0. The van der Waals surface area contributed by atoms with Gasteiger partial charge in [0.25, 0.3) is 0 Å². The molecule has 1 aliphatic carbocycles. The number of hydrogen-bond donors (Lipinski definition) is 2. The fraction of sp³-hybridized carbons (Fsp3) is 0.588. The second-order valence-electron chi connectivity index (χ2n) is 5.73. The van der Waals surface area contributed by atoms with Crippen molar-refractivity contribution in [2.75, 3.05) is 0 Å². The zero-order valence-corrected chi connectivity index (χ0v) is 12.8. The Morgan fingerprint density at radius 2 is 1.90 bits per heavy atom. The van der Waals surface area contributed by atoms with E-state index < -0.39 is 0 Å². The first kappa shape index (κ1) is 15.0. The van der Waals surface area contributed by atoms with E-state index in [9.17, 15) is 4.79 Å².